The molecule has 0 aliphatic rings. The van der Waals surface area contributed by atoms with Crippen molar-refractivity contribution in [3.8, 4) is 0 Å². The zero-order valence-electron chi connectivity index (χ0n) is 24.3. The first-order valence-electron chi connectivity index (χ1n) is 14.2. The van der Waals surface area contributed by atoms with Crippen molar-refractivity contribution in [1.82, 2.24) is 0 Å². The van der Waals surface area contributed by atoms with Gasteiger partial charge in [-0.25, -0.2) is 0 Å². The van der Waals surface area contributed by atoms with Crippen molar-refractivity contribution in [2.24, 2.45) is 0 Å². The fraction of sp³-hybridized carbons (Fsp3) is 0.733. The monoisotopic (exact) mass is 612 g/mol. The molecule has 3 nitrogen and oxygen atoms in total. The quantitative estimate of drug-likeness (QED) is 0.0675. The second-order valence-corrected chi connectivity index (χ2v) is 30.2. The van der Waals surface area contributed by atoms with Crippen LogP contribution in [0.25, 0.3) is 0 Å². The average Bonchev–Trinajstić information content (AvgIpc) is 2.83. The molecule has 0 saturated carbocycles. The summed E-state index contributed by atoms with van der Waals surface area (Å²) in [6.45, 7) is 20.2. The number of rotatable bonds is 19. The molecule has 0 unspecified atom stereocenters. The maximum atomic E-state index is 6.66. The molecule has 0 saturated heterocycles. The van der Waals surface area contributed by atoms with Crippen molar-refractivity contribution >= 4 is 26.7 Å². The van der Waals surface area contributed by atoms with E-state index in [2.05, 4.69) is 91.1 Å². The Balaban J connectivity index is 3.03. The predicted octanol–water partition coefficient (Wildman–Crippen LogP) is 9.51. The summed E-state index contributed by atoms with van der Waals surface area (Å²) in [6.07, 6.45) is 12.5. The molecular weight excluding hydrogens is 555 g/mol. The van der Waals surface area contributed by atoms with Crippen LogP contribution in [-0.4, -0.2) is 44.2 Å². The molecule has 0 aliphatic carbocycles. The van der Waals surface area contributed by atoms with Gasteiger partial charge in [-0.05, 0) is 0 Å². The van der Waals surface area contributed by atoms with Gasteiger partial charge in [-0.2, -0.15) is 0 Å². The Hall–Kier alpha value is -0.144. The molecule has 0 aliphatic heterocycles. The minimum absolute atomic E-state index is 0.231. The third kappa shape index (κ3) is 12.3. The van der Waals surface area contributed by atoms with Gasteiger partial charge >= 0.3 is 224 Å². The Kier molecular flexibility index (Phi) is 16.3. The third-order valence-corrected chi connectivity index (χ3v) is 28.3. The topological polar surface area (TPSA) is 27.7 Å². The van der Waals surface area contributed by atoms with Gasteiger partial charge in [0, 0.05) is 0 Å². The molecule has 0 spiro atoms. The van der Waals surface area contributed by atoms with Crippen molar-refractivity contribution in [2.75, 3.05) is 13.4 Å². The van der Waals surface area contributed by atoms with E-state index < -0.39 is 26.7 Å². The zero-order valence-corrected chi connectivity index (χ0v) is 28.2. The van der Waals surface area contributed by atoms with Crippen molar-refractivity contribution in [3.63, 3.8) is 0 Å². The zero-order chi connectivity index (χ0) is 26.2. The van der Waals surface area contributed by atoms with E-state index in [9.17, 15) is 0 Å². The van der Waals surface area contributed by atoms with Crippen LogP contribution in [0.1, 0.15) is 85.6 Å². The molecule has 1 atom stereocenters. The number of ether oxygens (including phenoxy) is 2. The molecule has 1 rings (SSSR count). The van der Waals surface area contributed by atoms with Gasteiger partial charge in [-0.15, -0.1) is 0 Å². The predicted molar refractivity (Wildman–Crippen MR) is 158 cm³/mol. The van der Waals surface area contributed by atoms with Crippen molar-refractivity contribution in [1.29, 1.82) is 0 Å². The Morgan fingerprint density at radius 2 is 1.43 bits per heavy atom. The minimum atomic E-state index is -2.63. The van der Waals surface area contributed by atoms with Gasteiger partial charge in [-0.3, -0.25) is 0 Å². The van der Waals surface area contributed by atoms with Crippen molar-refractivity contribution in [3.05, 3.63) is 48.0 Å². The summed E-state index contributed by atoms with van der Waals surface area (Å²) < 4.78 is 23.7. The summed E-state index contributed by atoms with van der Waals surface area (Å²) in [5.41, 5.74) is 1.20. The fourth-order valence-electron chi connectivity index (χ4n) is 4.33. The summed E-state index contributed by atoms with van der Waals surface area (Å²) in [6, 6.07) is 10.4. The maximum absolute atomic E-state index is 6.66. The first-order valence-corrected chi connectivity index (χ1v) is 24.8. The first kappa shape index (κ1) is 32.9. The molecule has 0 aromatic heterocycles. The fourth-order valence-corrected chi connectivity index (χ4v) is 21.7. The molecular formula is C30H56O3SiSn. The molecule has 0 radical (unpaired) electrons. The Labute approximate surface area is 223 Å². The van der Waals surface area contributed by atoms with E-state index >= 15 is 0 Å². The molecule has 0 heterocycles. The Morgan fingerprint density at radius 1 is 0.886 bits per heavy atom. The van der Waals surface area contributed by atoms with E-state index in [-0.39, 0.29) is 9.16 Å². The number of benzene rings is 1. The van der Waals surface area contributed by atoms with Crippen molar-refractivity contribution in [2.45, 2.75) is 122 Å². The van der Waals surface area contributed by atoms with Gasteiger partial charge in [-0.1, -0.05) is 0 Å². The van der Waals surface area contributed by atoms with Crippen LogP contribution in [0, 0.1) is 0 Å². The van der Waals surface area contributed by atoms with Gasteiger partial charge < -0.3 is 0 Å². The Bertz CT molecular complexity index is 663. The van der Waals surface area contributed by atoms with Crippen LogP contribution in [0.2, 0.25) is 31.4 Å². The molecule has 0 N–H and O–H groups in total. The first-order chi connectivity index (χ1) is 16.6. The Morgan fingerprint density at radius 3 is 1.91 bits per heavy atom. The molecule has 202 valence electrons. The van der Waals surface area contributed by atoms with Gasteiger partial charge in [0.05, 0.1) is 0 Å². The van der Waals surface area contributed by atoms with Gasteiger partial charge in [0.1, 0.15) is 0 Å². The van der Waals surface area contributed by atoms with Crippen LogP contribution in [0.15, 0.2) is 42.5 Å². The normalized spacial score (nSPS) is 14.1. The molecule has 1 aromatic carbocycles. The summed E-state index contributed by atoms with van der Waals surface area (Å²) in [7, 11) is -1.75. The van der Waals surface area contributed by atoms with E-state index in [1.807, 2.05) is 6.07 Å². The summed E-state index contributed by atoms with van der Waals surface area (Å²) in [5, 5.41) is 0.231. The van der Waals surface area contributed by atoms with Crippen LogP contribution in [0.3, 0.4) is 0 Å². The van der Waals surface area contributed by atoms with E-state index in [1.165, 1.54) is 57.4 Å². The summed E-state index contributed by atoms with van der Waals surface area (Å²) in [5.74, 6) is 0. The van der Waals surface area contributed by atoms with Crippen LogP contribution < -0.4 is 0 Å². The van der Waals surface area contributed by atoms with Gasteiger partial charge in [0.15, 0.2) is 0 Å². The van der Waals surface area contributed by atoms with Crippen molar-refractivity contribution < 1.29 is 13.9 Å². The number of hydrogen-bond donors (Lipinski definition) is 0. The van der Waals surface area contributed by atoms with E-state index in [0.29, 0.717) is 20.0 Å². The van der Waals surface area contributed by atoms with Crippen LogP contribution >= 0.6 is 0 Å². The van der Waals surface area contributed by atoms with Gasteiger partial charge in [0.2, 0.25) is 0 Å². The molecule has 1 aromatic rings. The summed E-state index contributed by atoms with van der Waals surface area (Å²) >= 11 is -2.63. The second kappa shape index (κ2) is 17.4. The molecule has 0 bridgehead atoms. The average molecular weight is 612 g/mol. The van der Waals surface area contributed by atoms with E-state index in [1.54, 1.807) is 0 Å². The molecule has 5 heteroatoms. The van der Waals surface area contributed by atoms with Crippen LogP contribution in [0.5, 0.6) is 0 Å². The van der Waals surface area contributed by atoms with E-state index in [0.717, 1.165) is 0 Å². The van der Waals surface area contributed by atoms with Crippen LogP contribution in [-0.2, 0) is 20.5 Å². The van der Waals surface area contributed by atoms with Crippen LogP contribution in [0.4, 0.5) is 0 Å². The second-order valence-electron chi connectivity index (χ2n) is 11.7. The number of hydrogen-bond acceptors (Lipinski definition) is 3. The van der Waals surface area contributed by atoms with Gasteiger partial charge in [0.25, 0.3) is 0 Å². The molecule has 35 heavy (non-hydrogen) atoms. The standard InChI is InChI=1S/C18H29O3Si.3C4H9.Sn/c1-18(2,3)22(4,5)21-14-10-9-13-19-16-20-15-17-11-7-6-8-12-17;3*1-3-4-2;/h6-13H,14-16H2,1-5H3;3*1,3-4H2,2H3;/b10-9+;;;;. The number of unbranched alkanes of at least 4 members (excludes halogenated alkanes) is 3. The summed E-state index contributed by atoms with van der Waals surface area (Å²) in [4.78, 5) is 0. The molecule has 0 fully saturated rings. The molecule has 0 amide bonds. The SMILES string of the molecule is CCC[CH2][Sn]([CH2]CCC)([CH2]CCC)[C@H](/C=C/CO[Si](C)(C)C(C)(C)C)OCOCc1ccccc1. The third-order valence-electron chi connectivity index (χ3n) is 7.79. The van der Waals surface area contributed by atoms with E-state index in [4.69, 9.17) is 13.9 Å².